The van der Waals surface area contributed by atoms with Crippen molar-refractivity contribution in [3.05, 3.63) is 12.2 Å². The van der Waals surface area contributed by atoms with Crippen molar-refractivity contribution in [2.45, 2.75) is 38.6 Å². The second-order valence-electron chi connectivity index (χ2n) is 3.91. The van der Waals surface area contributed by atoms with Gasteiger partial charge in [-0.05, 0) is 31.6 Å². The summed E-state index contributed by atoms with van der Waals surface area (Å²) in [7, 11) is 0. The molecule has 0 saturated carbocycles. The van der Waals surface area contributed by atoms with Gasteiger partial charge in [0.25, 0.3) is 0 Å². The van der Waals surface area contributed by atoms with Crippen LogP contribution in [0.15, 0.2) is 12.2 Å². The number of nitrogens with two attached hydrogens (primary N) is 1. The standard InChI is InChI=1S/C11H20N2O/c1-2-10(12)11(14)13-8-9-6-4-3-5-7-9/h3-4,9-10H,2,5-8,12H2,1H3,(H,13,14)/t9?,10-/m1/s1. The molecular formula is C11H20N2O. The van der Waals surface area contributed by atoms with Crippen LogP contribution in [-0.2, 0) is 4.79 Å². The third-order valence-electron chi connectivity index (χ3n) is 2.72. The van der Waals surface area contributed by atoms with Crippen molar-refractivity contribution in [1.29, 1.82) is 0 Å². The second kappa shape index (κ2) is 5.81. The summed E-state index contributed by atoms with van der Waals surface area (Å²) in [6.45, 7) is 2.70. The summed E-state index contributed by atoms with van der Waals surface area (Å²) in [6, 6.07) is -0.339. The van der Waals surface area contributed by atoms with Gasteiger partial charge in [0.05, 0.1) is 6.04 Å². The van der Waals surface area contributed by atoms with E-state index in [4.69, 9.17) is 5.73 Å². The van der Waals surface area contributed by atoms with Crippen molar-refractivity contribution in [2.75, 3.05) is 6.54 Å². The number of hydrogen-bond acceptors (Lipinski definition) is 2. The zero-order chi connectivity index (χ0) is 10.4. The molecule has 0 aliphatic heterocycles. The van der Waals surface area contributed by atoms with Crippen molar-refractivity contribution in [1.82, 2.24) is 5.32 Å². The van der Waals surface area contributed by atoms with Gasteiger partial charge in [-0.2, -0.15) is 0 Å². The van der Waals surface area contributed by atoms with Crippen LogP contribution in [-0.4, -0.2) is 18.5 Å². The van der Waals surface area contributed by atoms with E-state index in [0.29, 0.717) is 12.3 Å². The van der Waals surface area contributed by atoms with Crippen molar-refractivity contribution in [2.24, 2.45) is 11.7 Å². The van der Waals surface area contributed by atoms with E-state index < -0.39 is 0 Å². The summed E-state index contributed by atoms with van der Waals surface area (Å²) in [5.74, 6) is 0.593. The van der Waals surface area contributed by atoms with Crippen LogP contribution in [0, 0.1) is 5.92 Å². The molecule has 3 nitrogen and oxygen atoms in total. The van der Waals surface area contributed by atoms with E-state index in [1.807, 2.05) is 6.92 Å². The van der Waals surface area contributed by atoms with Gasteiger partial charge in [-0.1, -0.05) is 19.1 Å². The number of allylic oxidation sites excluding steroid dienone is 2. The van der Waals surface area contributed by atoms with Gasteiger partial charge >= 0.3 is 0 Å². The zero-order valence-electron chi connectivity index (χ0n) is 8.83. The molecule has 1 unspecified atom stereocenters. The highest BCUT2D eigenvalue weighted by atomic mass is 16.2. The predicted molar refractivity (Wildman–Crippen MR) is 57.8 cm³/mol. The van der Waals surface area contributed by atoms with Crippen molar-refractivity contribution in [3.8, 4) is 0 Å². The van der Waals surface area contributed by atoms with Gasteiger partial charge in [-0.25, -0.2) is 0 Å². The Morgan fingerprint density at radius 3 is 3.00 bits per heavy atom. The number of amides is 1. The summed E-state index contributed by atoms with van der Waals surface area (Å²) in [4.78, 5) is 11.4. The number of nitrogens with one attached hydrogen (secondary N) is 1. The van der Waals surface area contributed by atoms with Gasteiger partial charge in [0.15, 0.2) is 0 Å². The first-order valence-electron chi connectivity index (χ1n) is 5.42. The van der Waals surface area contributed by atoms with E-state index in [0.717, 1.165) is 19.4 Å². The molecule has 1 aliphatic rings. The highest BCUT2D eigenvalue weighted by molar-refractivity contribution is 5.81. The minimum Gasteiger partial charge on any atom is -0.354 e. The minimum atomic E-state index is -0.339. The molecule has 0 bridgehead atoms. The number of hydrogen-bond donors (Lipinski definition) is 2. The average molecular weight is 196 g/mol. The van der Waals surface area contributed by atoms with E-state index >= 15 is 0 Å². The highest BCUT2D eigenvalue weighted by Crippen LogP contribution is 2.16. The lowest BCUT2D eigenvalue weighted by Gasteiger charge is -2.19. The minimum absolute atomic E-state index is 0.0120. The third-order valence-corrected chi connectivity index (χ3v) is 2.72. The zero-order valence-corrected chi connectivity index (χ0v) is 8.83. The van der Waals surface area contributed by atoms with Gasteiger partial charge in [-0.15, -0.1) is 0 Å². The summed E-state index contributed by atoms with van der Waals surface area (Å²) >= 11 is 0. The first-order chi connectivity index (χ1) is 6.74. The molecule has 0 saturated heterocycles. The molecule has 0 radical (unpaired) electrons. The molecule has 1 rings (SSSR count). The molecule has 0 aromatic rings. The van der Waals surface area contributed by atoms with Gasteiger partial charge in [0.2, 0.25) is 5.91 Å². The van der Waals surface area contributed by atoms with E-state index in [1.165, 1.54) is 6.42 Å². The normalized spacial score (nSPS) is 23.1. The van der Waals surface area contributed by atoms with Crippen LogP contribution in [0.4, 0.5) is 0 Å². The van der Waals surface area contributed by atoms with E-state index in [9.17, 15) is 4.79 Å². The van der Waals surface area contributed by atoms with Crippen molar-refractivity contribution >= 4 is 5.91 Å². The van der Waals surface area contributed by atoms with Crippen molar-refractivity contribution < 1.29 is 4.79 Å². The maximum absolute atomic E-state index is 11.4. The fourth-order valence-corrected chi connectivity index (χ4v) is 1.60. The third kappa shape index (κ3) is 3.50. The number of carbonyl (C=O) groups is 1. The first kappa shape index (κ1) is 11.2. The molecule has 0 aromatic heterocycles. The maximum atomic E-state index is 11.4. The maximum Gasteiger partial charge on any atom is 0.236 e. The molecule has 1 aliphatic carbocycles. The van der Waals surface area contributed by atoms with Gasteiger partial charge in [-0.3, -0.25) is 4.79 Å². The summed E-state index contributed by atoms with van der Waals surface area (Å²) < 4.78 is 0. The van der Waals surface area contributed by atoms with Crippen LogP contribution < -0.4 is 11.1 Å². The van der Waals surface area contributed by atoms with Gasteiger partial charge in [0, 0.05) is 6.54 Å². The molecule has 0 aromatic carbocycles. The van der Waals surface area contributed by atoms with E-state index in [1.54, 1.807) is 0 Å². The number of carbonyl (C=O) groups excluding carboxylic acids is 1. The Morgan fingerprint density at radius 1 is 1.64 bits per heavy atom. The summed E-state index contributed by atoms with van der Waals surface area (Å²) in [5, 5.41) is 2.91. The summed E-state index contributed by atoms with van der Waals surface area (Å²) in [5.41, 5.74) is 5.61. The predicted octanol–water partition coefficient (Wildman–Crippen LogP) is 1.20. The molecule has 3 heteroatoms. The smallest absolute Gasteiger partial charge is 0.236 e. The molecule has 2 atom stereocenters. The van der Waals surface area contributed by atoms with E-state index in [-0.39, 0.29) is 11.9 Å². The first-order valence-corrected chi connectivity index (χ1v) is 5.42. The van der Waals surface area contributed by atoms with Crippen LogP contribution in [0.3, 0.4) is 0 Å². The SMILES string of the molecule is CC[C@@H](N)C(=O)NCC1CC=CCC1. The lowest BCUT2D eigenvalue weighted by atomic mass is 9.94. The van der Waals surface area contributed by atoms with Crippen LogP contribution in [0.1, 0.15) is 32.6 Å². The van der Waals surface area contributed by atoms with Crippen LogP contribution >= 0.6 is 0 Å². The Morgan fingerprint density at radius 2 is 2.43 bits per heavy atom. The van der Waals surface area contributed by atoms with Crippen LogP contribution in [0.2, 0.25) is 0 Å². The molecule has 80 valence electrons. The quantitative estimate of drug-likeness (QED) is 0.664. The molecule has 0 fully saturated rings. The molecule has 14 heavy (non-hydrogen) atoms. The lowest BCUT2D eigenvalue weighted by molar-refractivity contribution is -0.122. The molecule has 3 N–H and O–H groups in total. The highest BCUT2D eigenvalue weighted by Gasteiger charge is 2.14. The Bertz CT molecular complexity index is 213. The second-order valence-corrected chi connectivity index (χ2v) is 3.91. The average Bonchev–Trinajstić information content (AvgIpc) is 2.26. The lowest BCUT2D eigenvalue weighted by Crippen LogP contribution is -2.42. The van der Waals surface area contributed by atoms with Gasteiger partial charge < -0.3 is 11.1 Å². The summed E-state index contributed by atoms with van der Waals surface area (Å²) in [6.07, 6.45) is 8.51. The topological polar surface area (TPSA) is 55.1 Å². The Labute approximate surface area is 85.7 Å². The number of rotatable bonds is 4. The van der Waals surface area contributed by atoms with Crippen LogP contribution in [0.25, 0.3) is 0 Å². The Hall–Kier alpha value is -0.830. The molecule has 0 heterocycles. The molecule has 0 spiro atoms. The molecular weight excluding hydrogens is 176 g/mol. The van der Waals surface area contributed by atoms with E-state index in [2.05, 4.69) is 17.5 Å². The van der Waals surface area contributed by atoms with Crippen molar-refractivity contribution in [3.63, 3.8) is 0 Å². The Kier molecular flexibility index (Phi) is 4.66. The fraction of sp³-hybridized carbons (Fsp3) is 0.727. The Balaban J connectivity index is 2.19. The molecule has 1 amide bonds. The monoisotopic (exact) mass is 196 g/mol. The van der Waals surface area contributed by atoms with Gasteiger partial charge in [0.1, 0.15) is 0 Å². The van der Waals surface area contributed by atoms with Crippen LogP contribution in [0.5, 0.6) is 0 Å². The fourth-order valence-electron chi connectivity index (χ4n) is 1.60. The largest absolute Gasteiger partial charge is 0.354 e.